The quantitative estimate of drug-likeness (QED) is 0.557. The minimum absolute atomic E-state index is 0.0617. The zero-order valence-corrected chi connectivity index (χ0v) is 14.4. The van der Waals surface area contributed by atoms with Crippen LogP contribution in [0.25, 0.3) is 27.8 Å². The lowest BCUT2D eigenvalue weighted by Gasteiger charge is -2.12. The maximum atomic E-state index is 13.2. The van der Waals surface area contributed by atoms with Gasteiger partial charge in [-0.05, 0) is 36.6 Å². The fourth-order valence-corrected chi connectivity index (χ4v) is 3.51. The smallest absolute Gasteiger partial charge is 0.280 e. The van der Waals surface area contributed by atoms with E-state index in [1.807, 2.05) is 6.07 Å². The molecule has 1 atom stereocenters. The van der Waals surface area contributed by atoms with Gasteiger partial charge in [-0.2, -0.15) is 5.10 Å². The second-order valence-corrected chi connectivity index (χ2v) is 6.64. The fourth-order valence-electron chi connectivity index (χ4n) is 3.51. The highest BCUT2D eigenvalue weighted by atomic mass is 19.1. The first-order valence-corrected chi connectivity index (χ1v) is 8.82. The number of ether oxygens (including phenoxy) is 1. The molecule has 0 amide bonds. The van der Waals surface area contributed by atoms with E-state index < -0.39 is 0 Å². The molecule has 5 rings (SSSR count). The minimum atomic E-state index is -0.307. The molecule has 0 saturated carbocycles. The molecule has 8 heteroatoms. The van der Waals surface area contributed by atoms with Crippen molar-refractivity contribution in [2.45, 2.75) is 25.5 Å². The maximum Gasteiger partial charge on any atom is 0.280 e. The summed E-state index contributed by atoms with van der Waals surface area (Å²) in [5, 5.41) is 12.7. The molecule has 27 heavy (non-hydrogen) atoms. The van der Waals surface area contributed by atoms with Crippen molar-refractivity contribution in [2.75, 3.05) is 6.61 Å². The SMILES string of the molecule is O=c1c2nnc3c(-c4ccc(F)cc4)cnn3c2ccn1C[C@@H]1CCCO1. The second-order valence-electron chi connectivity index (χ2n) is 6.64. The number of hydrogen-bond donors (Lipinski definition) is 0. The van der Waals surface area contributed by atoms with Gasteiger partial charge in [0.15, 0.2) is 11.2 Å². The number of fused-ring (bicyclic) bond motifs is 3. The van der Waals surface area contributed by atoms with Crippen LogP contribution < -0.4 is 5.56 Å². The summed E-state index contributed by atoms with van der Waals surface area (Å²) in [5.41, 5.74) is 2.67. The highest BCUT2D eigenvalue weighted by Gasteiger charge is 2.19. The highest BCUT2D eigenvalue weighted by Crippen LogP contribution is 2.24. The zero-order valence-electron chi connectivity index (χ0n) is 14.4. The van der Waals surface area contributed by atoms with E-state index in [1.54, 1.807) is 33.6 Å². The number of halogens is 1. The summed E-state index contributed by atoms with van der Waals surface area (Å²) in [7, 11) is 0. The molecule has 0 spiro atoms. The lowest BCUT2D eigenvalue weighted by atomic mass is 10.1. The molecule has 3 aromatic heterocycles. The molecule has 0 N–H and O–H groups in total. The Hall–Kier alpha value is -3.13. The Balaban J connectivity index is 1.62. The molecule has 1 aliphatic heterocycles. The maximum absolute atomic E-state index is 13.2. The minimum Gasteiger partial charge on any atom is -0.376 e. The van der Waals surface area contributed by atoms with Crippen LogP contribution in [0.3, 0.4) is 0 Å². The van der Waals surface area contributed by atoms with Gasteiger partial charge in [0, 0.05) is 18.4 Å². The van der Waals surface area contributed by atoms with Crippen LogP contribution in [0.2, 0.25) is 0 Å². The molecule has 0 radical (unpaired) electrons. The van der Waals surface area contributed by atoms with Crippen LogP contribution in [-0.4, -0.2) is 37.1 Å². The Morgan fingerprint density at radius 2 is 2.04 bits per heavy atom. The topological polar surface area (TPSA) is 74.3 Å². The van der Waals surface area contributed by atoms with Crippen LogP contribution in [0.1, 0.15) is 12.8 Å². The van der Waals surface area contributed by atoms with E-state index in [4.69, 9.17) is 4.74 Å². The van der Waals surface area contributed by atoms with Gasteiger partial charge in [-0.25, -0.2) is 8.91 Å². The van der Waals surface area contributed by atoms with E-state index in [0.29, 0.717) is 17.7 Å². The van der Waals surface area contributed by atoms with Crippen molar-refractivity contribution in [1.82, 2.24) is 24.4 Å². The summed E-state index contributed by atoms with van der Waals surface area (Å²) < 4.78 is 22.0. The number of pyridine rings is 1. The second kappa shape index (κ2) is 6.24. The summed E-state index contributed by atoms with van der Waals surface area (Å²) in [6.45, 7) is 1.25. The summed E-state index contributed by atoms with van der Waals surface area (Å²) in [6, 6.07) is 7.92. The molecular formula is C19H16FN5O2. The Labute approximate surface area is 153 Å². The third-order valence-corrected chi connectivity index (χ3v) is 4.91. The first-order valence-electron chi connectivity index (χ1n) is 8.82. The highest BCUT2D eigenvalue weighted by molar-refractivity contribution is 5.82. The van der Waals surface area contributed by atoms with Gasteiger partial charge in [0.2, 0.25) is 0 Å². The first kappa shape index (κ1) is 16.1. The Morgan fingerprint density at radius 1 is 1.19 bits per heavy atom. The number of hydrogen-bond acceptors (Lipinski definition) is 5. The van der Waals surface area contributed by atoms with Crippen molar-refractivity contribution in [1.29, 1.82) is 0 Å². The summed E-state index contributed by atoms with van der Waals surface area (Å²) in [5.74, 6) is -0.307. The van der Waals surface area contributed by atoms with Gasteiger partial charge in [-0.3, -0.25) is 4.79 Å². The predicted molar refractivity (Wildman–Crippen MR) is 96.9 cm³/mol. The molecular weight excluding hydrogens is 349 g/mol. The third-order valence-electron chi connectivity index (χ3n) is 4.91. The predicted octanol–water partition coefficient (Wildman–Crippen LogP) is 2.42. The van der Waals surface area contributed by atoms with Gasteiger partial charge < -0.3 is 9.30 Å². The van der Waals surface area contributed by atoms with Crippen LogP contribution >= 0.6 is 0 Å². The lowest BCUT2D eigenvalue weighted by Crippen LogP contribution is -2.27. The number of nitrogens with zero attached hydrogens (tertiary/aromatic N) is 5. The van der Waals surface area contributed by atoms with Gasteiger partial charge >= 0.3 is 0 Å². The van der Waals surface area contributed by atoms with Crippen molar-refractivity contribution in [3.8, 4) is 11.1 Å². The first-order chi connectivity index (χ1) is 13.2. The fraction of sp³-hybridized carbons (Fsp3) is 0.263. The van der Waals surface area contributed by atoms with E-state index in [2.05, 4.69) is 15.3 Å². The van der Waals surface area contributed by atoms with Crippen molar-refractivity contribution < 1.29 is 9.13 Å². The molecule has 1 aromatic carbocycles. The van der Waals surface area contributed by atoms with E-state index in [9.17, 15) is 9.18 Å². The Morgan fingerprint density at radius 3 is 2.81 bits per heavy atom. The Kier molecular flexibility index (Phi) is 3.71. The molecule has 0 bridgehead atoms. The monoisotopic (exact) mass is 365 g/mol. The van der Waals surface area contributed by atoms with E-state index in [-0.39, 0.29) is 23.0 Å². The van der Waals surface area contributed by atoms with E-state index >= 15 is 0 Å². The molecule has 136 valence electrons. The van der Waals surface area contributed by atoms with Crippen LogP contribution in [-0.2, 0) is 11.3 Å². The van der Waals surface area contributed by atoms with Gasteiger partial charge in [-0.15, -0.1) is 10.2 Å². The van der Waals surface area contributed by atoms with Crippen LogP contribution in [0.5, 0.6) is 0 Å². The van der Waals surface area contributed by atoms with Gasteiger partial charge in [0.25, 0.3) is 5.56 Å². The molecule has 4 heterocycles. The number of aromatic nitrogens is 5. The zero-order chi connectivity index (χ0) is 18.4. The molecule has 4 aromatic rings. The van der Waals surface area contributed by atoms with Crippen LogP contribution in [0.15, 0.2) is 47.5 Å². The average molecular weight is 365 g/mol. The van der Waals surface area contributed by atoms with Crippen LogP contribution in [0.4, 0.5) is 4.39 Å². The van der Waals surface area contributed by atoms with Crippen molar-refractivity contribution >= 4 is 16.7 Å². The van der Waals surface area contributed by atoms with Gasteiger partial charge in [-0.1, -0.05) is 12.1 Å². The summed E-state index contributed by atoms with van der Waals surface area (Å²) in [4.78, 5) is 12.8. The van der Waals surface area contributed by atoms with E-state index in [1.165, 1.54) is 12.1 Å². The van der Waals surface area contributed by atoms with E-state index in [0.717, 1.165) is 30.6 Å². The average Bonchev–Trinajstić information content (AvgIpc) is 3.34. The Bertz CT molecular complexity index is 1190. The largest absolute Gasteiger partial charge is 0.376 e. The summed E-state index contributed by atoms with van der Waals surface area (Å²) in [6.07, 6.45) is 5.43. The summed E-state index contributed by atoms with van der Waals surface area (Å²) >= 11 is 0. The molecule has 1 saturated heterocycles. The molecule has 0 unspecified atom stereocenters. The molecule has 7 nitrogen and oxygen atoms in total. The lowest BCUT2D eigenvalue weighted by molar-refractivity contribution is 0.0963. The molecule has 1 fully saturated rings. The van der Waals surface area contributed by atoms with Crippen LogP contribution in [0, 0.1) is 5.82 Å². The van der Waals surface area contributed by atoms with Gasteiger partial charge in [0.05, 0.1) is 18.8 Å². The normalized spacial score (nSPS) is 17.1. The molecule has 1 aliphatic rings. The van der Waals surface area contributed by atoms with Crippen molar-refractivity contribution in [3.05, 3.63) is 58.9 Å². The number of benzene rings is 1. The standard InChI is InChI=1S/C19H16FN5O2/c20-13-5-3-12(4-6-13)15-10-21-25-16-7-8-24(11-14-2-1-9-27-14)19(26)17(16)22-23-18(15)25/h3-8,10,14H,1-2,9,11H2/t14-/m0/s1. The third kappa shape index (κ3) is 2.69. The molecule has 0 aliphatic carbocycles. The van der Waals surface area contributed by atoms with Crippen molar-refractivity contribution in [2.24, 2.45) is 0 Å². The number of rotatable bonds is 3. The van der Waals surface area contributed by atoms with Crippen molar-refractivity contribution in [3.63, 3.8) is 0 Å². The van der Waals surface area contributed by atoms with Gasteiger partial charge in [0.1, 0.15) is 11.3 Å².